The minimum Gasteiger partial charge on any atom is -0.507 e. The van der Waals surface area contributed by atoms with Crippen LogP contribution >= 0.6 is 0 Å². The third-order valence-corrected chi connectivity index (χ3v) is 1.56. The van der Waals surface area contributed by atoms with Crippen LogP contribution in [0, 0.1) is 11.3 Å². The minimum atomic E-state index is -0.0935. The summed E-state index contributed by atoms with van der Waals surface area (Å²) in [6, 6.07) is 6.57. The van der Waals surface area contributed by atoms with Crippen molar-refractivity contribution in [3.63, 3.8) is 0 Å². The number of hydrogen-bond donors (Lipinski definition) is 1. The number of nitrogens with zero attached hydrogens (tertiary/aromatic N) is 1. The molecule has 3 nitrogen and oxygen atoms in total. The number of carbonyl (C=O) groups excluding carboxylic acids is 1. The molecule has 0 saturated carbocycles. The molecule has 0 saturated heterocycles. The smallest absolute Gasteiger partial charge is 0.153 e. The third-order valence-electron chi connectivity index (χ3n) is 1.56. The number of phenolic OH excluding ortho intramolecular Hbond substituents is 1. The Morgan fingerprint density at radius 1 is 1.38 bits per heavy atom. The molecule has 0 bridgehead atoms. The molecule has 0 aliphatic heterocycles. The lowest BCUT2D eigenvalue weighted by Crippen LogP contribution is -1.83. The Bertz CT molecular complexity index is 388. The molecule has 0 spiro atoms. The highest BCUT2D eigenvalue weighted by molar-refractivity contribution is 5.82. The van der Waals surface area contributed by atoms with Crippen LogP contribution in [0.15, 0.2) is 24.3 Å². The average molecular weight is 173 g/mol. The third kappa shape index (κ3) is 1.94. The van der Waals surface area contributed by atoms with E-state index in [0.29, 0.717) is 11.8 Å². The summed E-state index contributed by atoms with van der Waals surface area (Å²) in [5.41, 5.74) is 0.686. The SMILES string of the molecule is N#CC=Cc1cccc(C=O)c1O. The van der Waals surface area contributed by atoms with Gasteiger partial charge in [0.2, 0.25) is 0 Å². The summed E-state index contributed by atoms with van der Waals surface area (Å²) in [5, 5.41) is 17.7. The molecular formula is C10H7NO2. The van der Waals surface area contributed by atoms with Crippen LogP contribution in [0.5, 0.6) is 5.75 Å². The maximum atomic E-state index is 10.4. The summed E-state index contributed by atoms with van der Waals surface area (Å²) >= 11 is 0. The lowest BCUT2D eigenvalue weighted by molar-refractivity contribution is 0.112. The number of para-hydroxylation sites is 1. The fraction of sp³-hybridized carbons (Fsp3) is 0. The van der Waals surface area contributed by atoms with E-state index in [9.17, 15) is 9.90 Å². The molecule has 13 heavy (non-hydrogen) atoms. The van der Waals surface area contributed by atoms with Crippen molar-refractivity contribution in [3.05, 3.63) is 35.4 Å². The molecular weight excluding hydrogens is 166 g/mol. The van der Waals surface area contributed by atoms with Gasteiger partial charge >= 0.3 is 0 Å². The Morgan fingerprint density at radius 3 is 2.69 bits per heavy atom. The average Bonchev–Trinajstić information content (AvgIpc) is 2.16. The predicted octanol–water partition coefficient (Wildman–Crippen LogP) is 1.74. The Hall–Kier alpha value is -2.08. The Morgan fingerprint density at radius 2 is 2.08 bits per heavy atom. The van der Waals surface area contributed by atoms with Gasteiger partial charge < -0.3 is 5.11 Å². The molecule has 1 aromatic carbocycles. The number of rotatable bonds is 2. The number of phenols is 1. The van der Waals surface area contributed by atoms with Crippen molar-refractivity contribution in [1.82, 2.24) is 0 Å². The number of allylic oxidation sites excluding steroid dienone is 1. The second-order valence-electron chi connectivity index (χ2n) is 2.37. The molecule has 0 aliphatic carbocycles. The largest absolute Gasteiger partial charge is 0.507 e. The van der Waals surface area contributed by atoms with Gasteiger partial charge in [-0.2, -0.15) is 5.26 Å². The molecule has 0 atom stereocenters. The van der Waals surface area contributed by atoms with E-state index in [1.54, 1.807) is 18.2 Å². The summed E-state index contributed by atoms with van der Waals surface area (Å²) in [5.74, 6) is -0.0935. The summed E-state index contributed by atoms with van der Waals surface area (Å²) in [4.78, 5) is 10.4. The van der Waals surface area contributed by atoms with E-state index in [1.807, 2.05) is 0 Å². The van der Waals surface area contributed by atoms with Crippen LogP contribution in [0.2, 0.25) is 0 Å². The second-order valence-corrected chi connectivity index (χ2v) is 2.37. The van der Waals surface area contributed by atoms with E-state index in [-0.39, 0.29) is 11.3 Å². The van der Waals surface area contributed by atoms with Gasteiger partial charge in [-0.3, -0.25) is 4.79 Å². The highest BCUT2D eigenvalue weighted by atomic mass is 16.3. The number of carbonyl (C=O) groups is 1. The molecule has 64 valence electrons. The fourth-order valence-electron chi connectivity index (χ4n) is 0.937. The van der Waals surface area contributed by atoms with Crippen LogP contribution in [0.3, 0.4) is 0 Å². The molecule has 0 fully saturated rings. The molecule has 1 N–H and O–H groups in total. The van der Waals surface area contributed by atoms with Gasteiger partial charge in [-0.1, -0.05) is 12.1 Å². The van der Waals surface area contributed by atoms with Crippen molar-refractivity contribution in [2.45, 2.75) is 0 Å². The van der Waals surface area contributed by atoms with Crippen LogP contribution in [0.25, 0.3) is 6.08 Å². The highest BCUT2D eigenvalue weighted by Gasteiger charge is 2.02. The van der Waals surface area contributed by atoms with Gasteiger partial charge in [0.05, 0.1) is 11.6 Å². The second kappa shape index (κ2) is 4.07. The lowest BCUT2D eigenvalue weighted by Gasteiger charge is -1.99. The van der Waals surface area contributed by atoms with Crippen LogP contribution in [0.1, 0.15) is 15.9 Å². The summed E-state index contributed by atoms with van der Waals surface area (Å²) in [7, 11) is 0. The quantitative estimate of drug-likeness (QED) is 0.547. The number of benzene rings is 1. The zero-order chi connectivity index (χ0) is 9.68. The number of nitriles is 1. The van der Waals surface area contributed by atoms with Gasteiger partial charge in [-0.05, 0) is 12.1 Å². The number of aldehydes is 1. The van der Waals surface area contributed by atoms with Crippen molar-refractivity contribution in [2.75, 3.05) is 0 Å². The first kappa shape index (κ1) is 9.01. The standard InChI is InChI=1S/C10H7NO2/c11-6-2-5-8-3-1-4-9(7-12)10(8)13/h1-5,7,13H. The Labute approximate surface area is 75.5 Å². The predicted molar refractivity (Wildman–Crippen MR) is 48.1 cm³/mol. The molecule has 0 aliphatic rings. The molecule has 0 amide bonds. The van der Waals surface area contributed by atoms with E-state index >= 15 is 0 Å². The van der Waals surface area contributed by atoms with Gasteiger partial charge in [0, 0.05) is 11.6 Å². The van der Waals surface area contributed by atoms with E-state index in [4.69, 9.17) is 5.26 Å². The van der Waals surface area contributed by atoms with E-state index in [1.165, 1.54) is 18.2 Å². The van der Waals surface area contributed by atoms with Crippen molar-refractivity contribution >= 4 is 12.4 Å². The number of hydrogen-bond acceptors (Lipinski definition) is 3. The minimum absolute atomic E-state index is 0.0935. The van der Waals surface area contributed by atoms with E-state index in [0.717, 1.165) is 0 Å². The highest BCUT2D eigenvalue weighted by Crippen LogP contribution is 2.21. The number of aromatic hydroxyl groups is 1. The maximum absolute atomic E-state index is 10.4. The Balaban J connectivity index is 3.17. The van der Waals surface area contributed by atoms with Gasteiger partial charge in [0.25, 0.3) is 0 Å². The van der Waals surface area contributed by atoms with Gasteiger partial charge in [-0.25, -0.2) is 0 Å². The fourth-order valence-corrected chi connectivity index (χ4v) is 0.937. The first-order valence-corrected chi connectivity index (χ1v) is 3.63. The molecule has 1 aromatic rings. The zero-order valence-electron chi connectivity index (χ0n) is 6.77. The molecule has 1 rings (SSSR count). The van der Waals surface area contributed by atoms with Crippen LogP contribution in [0.4, 0.5) is 0 Å². The first-order valence-electron chi connectivity index (χ1n) is 3.63. The molecule has 0 radical (unpaired) electrons. The topological polar surface area (TPSA) is 61.1 Å². The van der Waals surface area contributed by atoms with E-state index < -0.39 is 0 Å². The van der Waals surface area contributed by atoms with Gasteiger partial charge in [0.1, 0.15) is 5.75 Å². The van der Waals surface area contributed by atoms with E-state index in [2.05, 4.69) is 0 Å². The molecule has 0 aromatic heterocycles. The molecule has 0 unspecified atom stereocenters. The van der Waals surface area contributed by atoms with Crippen LogP contribution < -0.4 is 0 Å². The summed E-state index contributed by atoms with van der Waals surface area (Å²) in [6.07, 6.45) is 3.25. The summed E-state index contributed by atoms with van der Waals surface area (Å²) in [6.45, 7) is 0. The monoisotopic (exact) mass is 173 g/mol. The summed E-state index contributed by atoms with van der Waals surface area (Å²) < 4.78 is 0. The first-order chi connectivity index (χ1) is 6.29. The zero-order valence-corrected chi connectivity index (χ0v) is 6.77. The van der Waals surface area contributed by atoms with Crippen molar-refractivity contribution in [3.8, 4) is 11.8 Å². The van der Waals surface area contributed by atoms with Crippen molar-refractivity contribution in [2.24, 2.45) is 0 Å². The lowest BCUT2D eigenvalue weighted by atomic mass is 10.1. The molecule has 3 heteroatoms. The van der Waals surface area contributed by atoms with Crippen molar-refractivity contribution < 1.29 is 9.90 Å². The van der Waals surface area contributed by atoms with Crippen LogP contribution in [-0.4, -0.2) is 11.4 Å². The van der Waals surface area contributed by atoms with Crippen molar-refractivity contribution in [1.29, 1.82) is 5.26 Å². The van der Waals surface area contributed by atoms with Crippen LogP contribution in [-0.2, 0) is 0 Å². The van der Waals surface area contributed by atoms with Gasteiger partial charge in [0.15, 0.2) is 6.29 Å². The van der Waals surface area contributed by atoms with Gasteiger partial charge in [-0.15, -0.1) is 0 Å². The maximum Gasteiger partial charge on any atom is 0.153 e. The molecule has 0 heterocycles. The normalized spacial score (nSPS) is 9.77. The Kier molecular flexibility index (Phi) is 2.82.